The van der Waals surface area contributed by atoms with E-state index in [1.165, 1.54) is 19.2 Å². The highest BCUT2D eigenvalue weighted by Crippen LogP contribution is 2.28. The average molecular weight is 332 g/mol. The van der Waals surface area contributed by atoms with Crippen LogP contribution in [-0.4, -0.2) is 25.6 Å². The summed E-state index contributed by atoms with van der Waals surface area (Å²) in [5.41, 5.74) is 6.15. The zero-order valence-corrected chi connectivity index (χ0v) is 11.7. The van der Waals surface area contributed by atoms with E-state index in [0.717, 1.165) is 12.1 Å². The van der Waals surface area contributed by atoms with Gasteiger partial charge in [-0.25, -0.2) is 0 Å². The maximum absolute atomic E-state index is 12.7. The molecule has 0 aliphatic rings. The summed E-state index contributed by atoms with van der Waals surface area (Å²) in [5, 5.41) is 0. The van der Waals surface area contributed by atoms with Gasteiger partial charge in [0.15, 0.2) is 0 Å². The number of nitrogens with two attached hydrogens (primary N) is 1. The van der Waals surface area contributed by atoms with E-state index in [9.17, 15) is 22.4 Å². The lowest BCUT2D eigenvalue weighted by molar-refractivity contribution is -0.253. The Hall–Kier alpha value is -1.54. The van der Waals surface area contributed by atoms with Gasteiger partial charge in [-0.15, -0.1) is 12.4 Å². The summed E-state index contributed by atoms with van der Waals surface area (Å²) in [5.74, 6) is -0.952. The number of halogens is 5. The number of esters is 1. The fourth-order valence-electron chi connectivity index (χ4n) is 1.37. The molecule has 1 rings (SSSR count). The lowest BCUT2D eigenvalue weighted by Gasteiger charge is -2.17. The molecule has 0 spiro atoms. The Kier molecular flexibility index (Phi) is 7.45. The van der Waals surface area contributed by atoms with Gasteiger partial charge in [0.1, 0.15) is 5.75 Å². The number of carbonyl (C=O) groups excluding carboxylic acids is 1. The van der Waals surface area contributed by atoms with Crippen molar-refractivity contribution in [1.29, 1.82) is 0 Å². The van der Waals surface area contributed by atoms with Crippen LogP contribution in [0.3, 0.4) is 0 Å². The number of rotatable bonds is 6. The quantitative estimate of drug-likeness (QED) is 0.643. The van der Waals surface area contributed by atoms with Gasteiger partial charge in [-0.05, 0) is 17.7 Å². The molecule has 0 amide bonds. The van der Waals surface area contributed by atoms with Gasteiger partial charge in [0.2, 0.25) is 0 Å². The molecule has 0 bridgehead atoms. The normalized spacial score (nSPS) is 12.5. The second-order valence-electron chi connectivity index (χ2n) is 3.92. The van der Waals surface area contributed by atoms with E-state index in [-0.39, 0.29) is 18.8 Å². The van der Waals surface area contributed by atoms with Crippen molar-refractivity contribution >= 4 is 18.4 Å². The zero-order chi connectivity index (χ0) is 15.3. The van der Waals surface area contributed by atoms with Crippen molar-refractivity contribution < 1.29 is 31.8 Å². The number of benzene rings is 1. The second-order valence-corrected chi connectivity index (χ2v) is 3.92. The highest BCUT2D eigenvalue weighted by Gasteiger charge is 2.43. The Bertz CT molecular complexity index is 456. The standard InChI is InChI=1S/C12H13F4NO3.ClH/c1-19-10(18)6-9(17)7-2-4-8(5-3-7)20-12(15,16)11(13)14;/h2-5,9,11H,6,17H2,1H3;1H/t9-;/m1./s1. The molecule has 9 heteroatoms. The van der Waals surface area contributed by atoms with E-state index in [4.69, 9.17) is 5.73 Å². The summed E-state index contributed by atoms with van der Waals surface area (Å²) in [6.07, 6.45) is -8.58. The van der Waals surface area contributed by atoms with Crippen molar-refractivity contribution in [3.63, 3.8) is 0 Å². The highest BCUT2D eigenvalue weighted by molar-refractivity contribution is 5.85. The number of methoxy groups -OCH3 is 1. The van der Waals surface area contributed by atoms with Crippen LogP contribution in [0.2, 0.25) is 0 Å². The number of hydrogen-bond donors (Lipinski definition) is 1. The fourth-order valence-corrected chi connectivity index (χ4v) is 1.37. The maximum Gasteiger partial charge on any atom is 0.461 e. The molecule has 0 fully saturated rings. The molecule has 21 heavy (non-hydrogen) atoms. The van der Waals surface area contributed by atoms with Crippen LogP contribution in [0.1, 0.15) is 18.0 Å². The van der Waals surface area contributed by atoms with E-state index in [1.54, 1.807) is 0 Å². The highest BCUT2D eigenvalue weighted by atomic mass is 35.5. The molecule has 4 nitrogen and oxygen atoms in total. The Morgan fingerprint density at radius 1 is 1.29 bits per heavy atom. The summed E-state index contributed by atoms with van der Waals surface area (Å²) < 4.78 is 57.5. The molecule has 0 saturated heterocycles. The van der Waals surface area contributed by atoms with Gasteiger partial charge < -0.3 is 15.2 Å². The molecule has 1 aromatic rings. The minimum Gasteiger partial charge on any atom is -0.469 e. The molecule has 2 N–H and O–H groups in total. The molecule has 0 heterocycles. The van der Waals surface area contributed by atoms with Gasteiger partial charge in [-0.3, -0.25) is 4.79 Å². The molecule has 0 unspecified atom stereocenters. The summed E-state index contributed by atoms with van der Waals surface area (Å²) in [6.45, 7) is 0. The van der Waals surface area contributed by atoms with Crippen molar-refractivity contribution in [2.75, 3.05) is 7.11 Å². The van der Waals surface area contributed by atoms with Gasteiger partial charge in [0, 0.05) is 6.04 Å². The topological polar surface area (TPSA) is 61.5 Å². The van der Waals surface area contributed by atoms with E-state index in [2.05, 4.69) is 9.47 Å². The van der Waals surface area contributed by atoms with Gasteiger partial charge in [-0.2, -0.15) is 17.6 Å². The molecule has 0 aromatic heterocycles. The first-order valence-electron chi connectivity index (χ1n) is 5.53. The van der Waals surface area contributed by atoms with E-state index < -0.39 is 30.3 Å². The third-order valence-electron chi connectivity index (χ3n) is 2.43. The first kappa shape index (κ1) is 19.5. The van der Waals surface area contributed by atoms with Crippen molar-refractivity contribution in [3.8, 4) is 5.75 Å². The first-order chi connectivity index (χ1) is 9.26. The Morgan fingerprint density at radius 2 is 1.81 bits per heavy atom. The smallest absolute Gasteiger partial charge is 0.461 e. The molecule has 0 radical (unpaired) electrons. The van der Waals surface area contributed by atoms with Gasteiger partial charge in [-0.1, -0.05) is 12.1 Å². The lowest BCUT2D eigenvalue weighted by Crippen LogP contribution is -2.33. The van der Waals surface area contributed by atoms with Crippen molar-refractivity contribution in [2.24, 2.45) is 5.73 Å². The van der Waals surface area contributed by atoms with Crippen molar-refractivity contribution in [1.82, 2.24) is 0 Å². The molecule has 1 aromatic carbocycles. The summed E-state index contributed by atoms with van der Waals surface area (Å²) in [6, 6.07) is 4.08. The number of alkyl halides is 4. The van der Waals surface area contributed by atoms with Crippen LogP contribution in [0.15, 0.2) is 24.3 Å². The number of ether oxygens (including phenoxy) is 2. The van der Waals surface area contributed by atoms with Gasteiger partial charge in [0.25, 0.3) is 0 Å². The van der Waals surface area contributed by atoms with Crippen LogP contribution >= 0.6 is 12.4 Å². The van der Waals surface area contributed by atoms with Gasteiger partial charge >= 0.3 is 18.5 Å². The number of hydrogen-bond acceptors (Lipinski definition) is 4. The maximum atomic E-state index is 12.7. The molecule has 0 aliphatic heterocycles. The Labute approximate surface area is 124 Å². The van der Waals surface area contributed by atoms with Crippen LogP contribution in [0.5, 0.6) is 5.75 Å². The average Bonchev–Trinajstić information content (AvgIpc) is 2.38. The first-order valence-corrected chi connectivity index (χ1v) is 5.53. The van der Waals surface area contributed by atoms with Crippen LogP contribution in [0.4, 0.5) is 17.6 Å². The molecule has 0 aliphatic carbocycles. The molecular weight excluding hydrogens is 318 g/mol. The Morgan fingerprint density at radius 3 is 2.24 bits per heavy atom. The fraction of sp³-hybridized carbons (Fsp3) is 0.417. The second kappa shape index (κ2) is 8.04. The molecule has 0 saturated carbocycles. The van der Waals surface area contributed by atoms with Crippen LogP contribution in [0.25, 0.3) is 0 Å². The minimum absolute atomic E-state index is 0. The van der Waals surface area contributed by atoms with E-state index in [0.29, 0.717) is 5.56 Å². The molecule has 1 atom stereocenters. The van der Waals surface area contributed by atoms with E-state index in [1.807, 2.05) is 0 Å². The third-order valence-corrected chi connectivity index (χ3v) is 2.43. The zero-order valence-electron chi connectivity index (χ0n) is 10.9. The number of carbonyl (C=O) groups is 1. The lowest BCUT2D eigenvalue weighted by atomic mass is 10.0. The molecule has 120 valence electrons. The largest absolute Gasteiger partial charge is 0.469 e. The predicted molar refractivity (Wildman–Crippen MR) is 68.8 cm³/mol. The SMILES string of the molecule is COC(=O)C[C@@H](N)c1ccc(OC(F)(F)C(F)F)cc1.Cl. The van der Waals surface area contributed by atoms with Crippen LogP contribution in [-0.2, 0) is 9.53 Å². The summed E-state index contributed by atoms with van der Waals surface area (Å²) in [4.78, 5) is 11.0. The van der Waals surface area contributed by atoms with Gasteiger partial charge in [0.05, 0.1) is 13.5 Å². The Balaban J connectivity index is 0.00000400. The van der Waals surface area contributed by atoms with Crippen molar-refractivity contribution in [2.45, 2.75) is 25.0 Å². The van der Waals surface area contributed by atoms with E-state index >= 15 is 0 Å². The minimum atomic E-state index is -4.56. The summed E-state index contributed by atoms with van der Waals surface area (Å²) in [7, 11) is 1.21. The van der Waals surface area contributed by atoms with Crippen molar-refractivity contribution in [3.05, 3.63) is 29.8 Å². The molecular formula is C12H14ClF4NO3. The monoisotopic (exact) mass is 331 g/mol. The third kappa shape index (κ3) is 5.76. The summed E-state index contributed by atoms with van der Waals surface area (Å²) >= 11 is 0. The van der Waals surface area contributed by atoms with Crippen LogP contribution < -0.4 is 10.5 Å². The predicted octanol–water partition coefficient (Wildman–Crippen LogP) is 2.91. The van der Waals surface area contributed by atoms with Crippen LogP contribution in [0, 0.1) is 0 Å².